The first-order chi connectivity index (χ1) is 7.98. The van der Waals surface area contributed by atoms with Gasteiger partial charge < -0.3 is 10.5 Å². The van der Waals surface area contributed by atoms with Gasteiger partial charge in [-0.25, -0.2) is 4.79 Å². The molecule has 0 radical (unpaired) electrons. The number of ether oxygens (including phenoxy) is 1. The molecule has 3 nitrogen and oxygen atoms in total. The third-order valence-electron chi connectivity index (χ3n) is 4.11. The predicted octanol–water partition coefficient (Wildman–Crippen LogP) is 2.10. The van der Waals surface area contributed by atoms with E-state index in [0.29, 0.717) is 12.1 Å². The van der Waals surface area contributed by atoms with Crippen LogP contribution in [0.25, 0.3) is 0 Å². The number of methoxy groups -OCH3 is 1. The highest BCUT2D eigenvalue weighted by Crippen LogP contribution is 2.64. The predicted molar refractivity (Wildman–Crippen MR) is 66.9 cm³/mol. The molecule has 0 aromatic heterocycles. The van der Waals surface area contributed by atoms with Crippen molar-refractivity contribution in [1.82, 2.24) is 0 Å². The van der Waals surface area contributed by atoms with E-state index in [4.69, 9.17) is 10.5 Å². The first kappa shape index (κ1) is 12.1. The molecule has 0 heterocycles. The van der Waals surface area contributed by atoms with Crippen molar-refractivity contribution in [2.75, 3.05) is 13.7 Å². The molecule has 2 N–H and O–H groups in total. The summed E-state index contributed by atoms with van der Waals surface area (Å²) in [6, 6.07) is 7.61. The second-order valence-electron chi connectivity index (χ2n) is 5.38. The number of rotatable bonds is 3. The van der Waals surface area contributed by atoms with Crippen LogP contribution in [0.2, 0.25) is 0 Å². The topological polar surface area (TPSA) is 52.3 Å². The van der Waals surface area contributed by atoms with E-state index in [-0.39, 0.29) is 16.8 Å². The van der Waals surface area contributed by atoms with Crippen LogP contribution in [-0.4, -0.2) is 19.6 Å². The van der Waals surface area contributed by atoms with E-state index in [1.165, 1.54) is 7.11 Å². The smallest absolute Gasteiger partial charge is 0.338 e. The van der Waals surface area contributed by atoms with Gasteiger partial charge in [-0.15, -0.1) is 0 Å². The molecule has 92 valence electrons. The molecule has 1 aromatic rings. The lowest BCUT2D eigenvalue weighted by Gasteiger charge is -2.21. The molecule has 1 aliphatic rings. The second kappa shape index (κ2) is 3.84. The molecular formula is C14H19NO2. The van der Waals surface area contributed by atoms with Crippen molar-refractivity contribution in [3.05, 3.63) is 35.4 Å². The first-order valence-corrected chi connectivity index (χ1v) is 5.86. The zero-order valence-corrected chi connectivity index (χ0v) is 10.6. The summed E-state index contributed by atoms with van der Waals surface area (Å²) in [6.45, 7) is 4.94. The van der Waals surface area contributed by atoms with Gasteiger partial charge in [-0.1, -0.05) is 32.0 Å². The van der Waals surface area contributed by atoms with Gasteiger partial charge in [0.05, 0.1) is 12.7 Å². The average Bonchev–Trinajstić information content (AvgIpc) is 2.92. The Labute approximate surface area is 102 Å². The van der Waals surface area contributed by atoms with Gasteiger partial charge in [-0.3, -0.25) is 0 Å². The number of hydrogen-bond donors (Lipinski definition) is 1. The molecule has 0 saturated heterocycles. The minimum atomic E-state index is -0.281. The standard InChI is InChI=1S/C14H19NO2/c1-13(2)8-14(13,9-15)11-7-5-4-6-10(11)12(16)17-3/h4-7H,8-9,15H2,1-3H3. The molecule has 1 fully saturated rings. The van der Waals surface area contributed by atoms with Crippen LogP contribution >= 0.6 is 0 Å². The van der Waals surface area contributed by atoms with Gasteiger partial charge in [-0.2, -0.15) is 0 Å². The number of benzene rings is 1. The van der Waals surface area contributed by atoms with Crippen LogP contribution in [0, 0.1) is 5.41 Å². The maximum atomic E-state index is 11.8. The SMILES string of the molecule is COC(=O)c1ccccc1C1(CN)CC1(C)C. The highest BCUT2D eigenvalue weighted by molar-refractivity contribution is 5.91. The molecule has 1 atom stereocenters. The van der Waals surface area contributed by atoms with E-state index in [9.17, 15) is 4.79 Å². The van der Waals surface area contributed by atoms with Crippen LogP contribution in [0.3, 0.4) is 0 Å². The zero-order valence-electron chi connectivity index (χ0n) is 10.6. The number of carbonyl (C=O) groups excluding carboxylic acids is 1. The summed E-state index contributed by atoms with van der Waals surface area (Å²) in [4.78, 5) is 11.8. The van der Waals surface area contributed by atoms with Crippen molar-refractivity contribution in [2.45, 2.75) is 25.7 Å². The summed E-state index contributed by atoms with van der Waals surface area (Å²) >= 11 is 0. The molecule has 0 amide bonds. The van der Waals surface area contributed by atoms with Crippen LogP contribution in [0.4, 0.5) is 0 Å². The second-order valence-corrected chi connectivity index (χ2v) is 5.38. The molecule has 17 heavy (non-hydrogen) atoms. The van der Waals surface area contributed by atoms with E-state index >= 15 is 0 Å². The monoisotopic (exact) mass is 233 g/mol. The number of carbonyl (C=O) groups is 1. The van der Waals surface area contributed by atoms with E-state index < -0.39 is 0 Å². The lowest BCUT2D eigenvalue weighted by Crippen LogP contribution is -2.27. The molecule has 0 aliphatic heterocycles. The van der Waals surface area contributed by atoms with Crippen molar-refractivity contribution < 1.29 is 9.53 Å². The Morgan fingerprint density at radius 2 is 2.00 bits per heavy atom. The Hall–Kier alpha value is -1.35. The fourth-order valence-corrected chi connectivity index (χ4v) is 2.82. The van der Waals surface area contributed by atoms with Crippen molar-refractivity contribution >= 4 is 5.97 Å². The van der Waals surface area contributed by atoms with E-state index in [1.807, 2.05) is 24.3 Å². The quantitative estimate of drug-likeness (QED) is 0.813. The Morgan fingerprint density at radius 3 is 2.47 bits per heavy atom. The summed E-state index contributed by atoms with van der Waals surface area (Å²) in [5.74, 6) is -0.281. The minimum Gasteiger partial charge on any atom is -0.465 e. The van der Waals surface area contributed by atoms with Gasteiger partial charge in [0, 0.05) is 12.0 Å². The summed E-state index contributed by atoms with van der Waals surface area (Å²) in [5.41, 5.74) is 7.69. The van der Waals surface area contributed by atoms with Gasteiger partial charge in [0.1, 0.15) is 0 Å². The number of nitrogens with two attached hydrogens (primary N) is 1. The van der Waals surface area contributed by atoms with E-state index in [2.05, 4.69) is 13.8 Å². The van der Waals surface area contributed by atoms with E-state index in [0.717, 1.165) is 12.0 Å². The molecule has 1 unspecified atom stereocenters. The van der Waals surface area contributed by atoms with Gasteiger partial charge in [-0.05, 0) is 23.5 Å². The molecule has 1 aromatic carbocycles. The third kappa shape index (κ3) is 1.65. The summed E-state index contributed by atoms with van der Waals surface area (Å²) in [7, 11) is 1.41. The normalized spacial score (nSPS) is 25.4. The minimum absolute atomic E-state index is 0.0716. The molecule has 1 aliphatic carbocycles. The zero-order chi connectivity index (χ0) is 12.7. The van der Waals surface area contributed by atoms with Crippen LogP contribution < -0.4 is 5.73 Å². The van der Waals surface area contributed by atoms with Crippen molar-refractivity contribution in [3.8, 4) is 0 Å². The molecule has 2 rings (SSSR count). The molecule has 3 heteroatoms. The van der Waals surface area contributed by atoms with Crippen molar-refractivity contribution in [2.24, 2.45) is 11.1 Å². The van der Waals surface area contributed by atoms with Crippen molar-refractivity contribution in [1.29, 1.82) is 0 Å². The summed E-state index contributed by atoms with van der Waals surface area (Å²) in [5, 5.41) is 0. The third-order valence-corrected chi connectivity index (χ3v) is 4.11. The van der Waals surface area contributed by atoms with Gasteiger partial charge in [0.25, 0.3) is 0 Å². The Bertz CT molecular complexity index is 453. The first-order valence-electron chi connectivity index (χ1n) is 5.86. The highest BCUT2D eigenvalue weighted by atomic mass is 16.5. The number of esters is 1. The van der Waals surface area contributed by atoms with Gasteiger partial charge in [0.2, 0.25) is 0 Å². The Morgan fingerprint density at radius 1 is 1.41 bits per heavy atom. The fraction of sp³-hybridized carbons (Fsp3) is 0.500. The van der Waals surface area contributed by atoms with Crippen LogP contribution in [0.1, 0.15) is 36.2 Å². The maximum absolute atomic E-state index is 11.8. The van der Waals surface area contributed by atoms with E-state index in [1.54, 1.807) is 0 Å². The molecule has 0 spiro atoms. The Balaban J connectivity index is 2.50. The highest BCUT2D eigenvalue weighted by Gasteiger charge is 2.61. The maximum Gasteiger partial charge on any atom is 0.338 e. The lowest BCUT2D eigenvalue weighted by molar-refractivity contribution is 0.0598. The molecule has 1 saturated carbocycles. The summed E-state index contributed by atoms with van der Waals surface area (Å²) < 4.78 is 4.83. The largest absolute Gasteiger partial charge is 0.465 e. The van der Waals surface area contributed by atoms with Crippen LogP contribution in [0.15, 0.2) is 24.3 Å². The lowest BCUT2D eigenvalue weighted by atomic mass is 9.85. The van der Waals surface area contributed by atoms with Gasteiger partial charge >= 0.3 is 5.97 Å². The van der Waals surface area contributed by atoms with Gasteiger partial charge in [0.15, 0.2) is 0 Å². The van der Waals surface area contributed by atoms with Crippen LogP contribution in [-0.2, 0) is 10.2 Å². The Kier molecular flexibility index (Phi) is 2.74. The summed E-state index contributed by atoms with van der Waals surface area (Å²) in [6.07, 6.45) is 1.02. The fourth-order valence-electron chi connectivity index (χ4n) is 2.82. The average molecular weight is 233 g/mol. The molecular weight excluding hydrogens is 214 g/mol. The number of hydrogen-bond acceptors (Lipinski definition) is 3. The van der Waals surface area contributed by atoms with Crippen molar-refractivity contribution in [3.63, 3.8) is 0 Å². The van der Waals surface area contributed by atoms with Crippen LogP contribution in [0.5, 0.6) is 0 Å². The molecule has 0 bridgehead atoms.